The molecule has 2 heterocycles. The zero-order valence-corrected chi connectivity index (χ0v) is 17.5. The van der Waals surface area contributed by atoms with E-state index in [0.29, 0.717) is 23.5 Å². The molecule has 1 aromatic heterocycles. The van der Waals surface area contributed by atoms with Crippen molar-refractivity contribution in [2.24, 2.45) is 11.7 Å². The highest BCUT2D eigenvalue weighted by molar-refractivity contribution is 5.82. The Morgan fingerprint density at radius 1 is 1.10 bits per heavy atom. The van der Waals surface area contributed by atoms with Crippen molar-refractivity contribution in [1.82, 2.24) is 4.90 Å². The van der Waals surface area contributed by atoms with E-state index in [4.69, 9.17) is 19.6 Å². The second-order valence-corrected chi connectivity index (χ2v) is 7.74. The number of hydrogen-bond acceptors (Lipinski definition) is 6. The van der Waals surface area contributed by atoms with Crippen molar-refractivity contribution in [3.63, 3.8) is 0 Å². The van der Waals surface area contributed by atoms with Crippen molar-refractivity contribution in [2.75, 3.05) is 33.4 Å². The summed E-state index contributed by atoms with van der Waals surface area (Å²) in [6, 6.07) is 14.6. The standard InChI is InChI=1S/C24H26N2O5/c1-29-19-5-2-16(3-6-19)21-14-18-4-7-20(15-22(18)31-24(21)28)30-13-12-26-10-8-17(9-11-26)23(25)27/h2-7,14-15,17H,8-13H2,1H3,(H2,25,27). The predicted octanol–water partition coefficient (Wildman–Crippen LogP) is 3.04. The third-order valence-corrected chi connectivity index (χ3v) is 5.77. The average molecular weight is 422 g/mol. The Balaban J connectivity index is 1.40. The van der Waals surface area contributed by atoms with E-state index in [1.54, 1.807) is 13.2 Å². The summed E-state index contributed by atoms with van der Waals surface area (Å²) in [6.07, 6.45) is 1.60. The van der Waals surface area contributed by atoms with E-state index in [1.807, 2.05) is 42.5 Å². The number of benzene rings is 2. The highest BCUT2D eigenvalue weighted by Crippen LogP contribution is 2.26. The molecule has 0 spiro atoms. The summed E-state index contributed by atoms with van der Waals surface area (Å²) in [4.78, 5) is 26.0. The first kappa shape index (κ1) is 20.9. The molecule has 0 radical (unpaired) electrons. The van der Waals surface area contributed by atoms with Gasteiger partial charge in [0.15, 0.2) is 0 Å². The lowest BCUT2D eigenvalue weighted by atomic mass is 9.96. The highest BCUT2D eigenvalue weighted by atomic mass is 16.5. The van der Waals surface area contributed by atoms with Crippen molar-refractivity contribution in [1.29, 1.82) is 0 Å². The molecule has 162 valence electrons. The van der Waals surface area contributed by atoms with Gasteiger partial charge in [-0.25, -0.2) is 4.79 Å². The number of carbonyl (C=O) groups excluding carboxylic acids is 1. The number of amides is 1. The van der Waals surface area contributed by atoms with Crippen LogP contribution < -0.4 is 20.8 Å². The first-order valence-corrected chi connectivity index (χ1v) is 10.4. The molecule has 0 atom stereocenters. The minimum atomic E-state index is -0.396. The Labute approximate surface area is 180 Å². The fourth-order valence-corrected chi connectivity index (χ4v) is 3.89. The number of nitrogens with two attached hydrogens (primary N) is 1. The molecule has 31 heavy (non-hydrogen) atoms. The van der Waals surface area contributed by atoms with Crippen molar-refractivity contribution < 1.29 is 18.7 Å². The van der Waals surface area contributed by atoms with Crippen LogP contribution in [0.15, 0.2) is 57.7 Å². The van der Waals surface area contributed by atoms with Gasteiger partial charge in [0, 0.05) is 23.9 Å². The molecule has 7 heteroatoms. The number of hydrogen-bond donors (Lipinski definition) is 1. The van der Waals surface area contributed by atoms with Gasteiger partial charge in [-0.15, -0.1) is 0 Å². The van der Waals surface area contributed by atoms with Crippen LogP contribution in [-0.4, -0.2) is 44.2 Å². The van der Waals surface area contributed by atoms with Gasteiger partial charge in [0.2, 0.25) is 5.91 Å². The number of likely N-dealkylation sites (tertiary alicyclic amines) is 1. The predicted molar refractivity (Wildman–Crippen MR) is 118 cm³/mol. The Hall–Kier alpha value is -3.32. The molecule has 1 fully saturated rings. The van der Waals surface area contributed by atoms with E-state index in [1.165, 1.54) is 0 Å². The number of carbonyl (C=O) groups is 1. The molecule has 1 aliphatic rings. The number of rotatable bonds is 7. The molecule has 1 aliphatic heterocycles. The summed E-state index contributed by atoms with van der Waals surface area (Å²) in [5.74, 6) is 1.17. The second kappa shape index (κ2) is 9.22. The van der Waals surface area contributed by atoms with E-state index >= 15 is 0 Å². The number of primary amides is 1. The van der Waals surface area contributed by atoms with Gasteiger partial charge in [0.25, 0.3) is 0 Å². The summed E-state index contributed by atoms with van der Waals surface area (Å²) >= 11 is 0. The third kappa shape index (κ3) is 4.88. The largest absolute Gasteiger partial charge is 0.497 e. The van der Waals surface area contributed by atoms with E-state index in [0.717, 1.165) is 49.2 Å². The normalized spacial score (nSPS) is 15.1. The molecule has 3 aromatic rings. The first-order chi connectivity index (χ1) is 15.0. The zero-order valence-electron chi connectivity index (χ0n) is 17.5. The molecule has 0 saturated carbocycles. The molecule has 1 amide bonds. The zero-order chi connectivity index (χ0) is 21.8. The van der Waals surface area contributed by atoms with Crippen LogP contribution in [0.4, 0.5) is 0 Å². The Kier molecular flexibility index (Phi) is 6.23. The van der Waals surface area contributed by atoms with Crippen LogP contribution in [0.2, 0.25) is 0 Å². The molecule has 0 aliphatic carbocycles. The lowest BCUT2D eigenvalue weighted by Gasteiger charge is -2.30. The van der Waals surface area contributed by atoms with Crippen LogP contribution in [0.25, 0.3) is 22.1 Å². The highest BCUT2D eigenvalue weighted by Gasteiger charge is 2.22. The maximum atomic E-state index is 12.5. The maximum Gasteiger partial charge on any atom is 0.344 e. The summed E-state index contributed by atoms with van der Waals surface area (Å²) in [6.45, 7) is 2.97. The van der Waals surface area contributed by atoms with Crippen molar-refractivity contribution in [2.45, 2.75) is 12.8 Å². The maximum absolute atomic E-state index is 12.5. The van der Waals surface area contributed by atoms with E-state index in [9.17, 15) is 9.59 Å². The van der Waals surface area contributed by atoms with Crippen molar-refractivity contribution in [3.8, 4) is 22.6 Å². The number of fused-ring (bicyclic) bond motifs is 1. The number of nitrogens with zero attached hydrogens (tertiary/aromatic N) is 1. The number of piperidine rings is 1. The Morgan fingerprint density at radius 2 is 1.81 bits per heavy atom. The fourth-order valence-electron chi connectivity index (χ4n) is 3.89. The van der Waals surface area contributed by atoms with Gasteiger partial charge in [-0.3, -0.25) is 9.69 Å². The van der Waals surface area contributed by atoms with Gasteiger partial charge in [-0.05, 0) is 61.8 Å². The van der Waals surface area contributed by atoms with Crippen molar-refractivity contribution >= 4 is 16.9 Å². The lowest BCUT2D eigenvalue weighted by molar-refractivity contribution is -0.123. The smallest absolute Gasteiger partial charge is 0.344 e. The van der Waals surface area contributed by atoms with Gasteiger partial charge in [0.1, 0.15) is 23.7 Å². The summed E-state index contributed by atoms with van der Waals surface area (Å²) < 4.78 is 16.6. The van der Waals surface area contributed by atoms with Gasteiger partial charge in [-0.2, -0.15) is 0 Å². The van der Waals surface area contributed by atoms with Gasteiger partial charge >= 0.3 is 5.63 Å². The second-order valence-electron chi connectivity index (χ2n) is 7.74. The molecule has 2 N–H and O–H groups in total. The van der Waals surface area contributed by atoms with E-state index in [2.05, 4.69) is 4.90 Å². The summed E-state index contributed by atoms with van der Waals surface area (Å²) in [7, 11) is 1.60. The molecule has 0 unspecified atom stereocenters. The molecule has 7 nitrogen and oxygen atoms in total. The quantitative estimate of drug-likeness (QED) is 0.588. The lowest BCUT2D eigenvalue weighted by Crippen LogP contribution is -2.40. The number of methoxy groups -OCH3 is 1. The molecule has 1 saturated heterocycles. The van der Waals surface area contributed by atoms with Crippen LogP contribution in [0.5, 0.6) is 11.5 Å². The summed E-state index contributed by atoms with van der Waals surface area (Å²) in [5.41, 5.74) is 6.75. The van der Waals surface area contributed by atoms with Crippen LogP contribution in [0.3, 0.4) is 0 Å². The minimum Gasteiger partial charge on any atom is -0.497 e. The van der Waals surface area contributed by atoms with Gasteiger partial charge in [0.05, 0.1) is 12.7 Å². The van der Waals surface area contributed by atoms with E-state index in [-0.39, 0.29) is 11.8 Å². The Bertz CT molecular complexity index is 1120. The van der Waals surface area contributed by atoms with Crippen LogP contribution >= 0.6 is 0 Å². The fraction of sp³-hybridized carbons (Fsp3) is 0.333. The van der Waals surface area contributed by atoms with E-state index < -0.39 is 5.63 Å². The van der Waals surface area contributed by atoms with Gasteiger partial charge in [-0.1, -0.05) is 12.1 Å². The van der Waals surface area contributed by atoms with Crippen LogP contribution in [0.1, 0.15) is 12.8 Å². The summed E-state index contributed by atoms with van der Waals surface area (Å²) in [5, 5.41) is 0.825. The van der Waals surface area contributed by atoms with Crippen molar-refractivity contribution in [3.05, 3.63) is 59.0 Å². The molecule has 2 aromatic carbocycles. The third-order valence-electron chi connectivity index (χ3n) is 5.77. The monoisotopic (exact) mass is 422 g/mol. The molecule has 0 bridgehead atoms. The molecular formula is C24H26N2O5. The first-order valence-electron chi connectivity index (χ1n) is 10.4. The average Bonchev–Trinajstić information content (AvgIpc) is 2.79. The number of ether oxygens (including phenoxy) is 2. The van der Waals surface area contributed by atoms with Crippen LogP contribution in [0, 0.1) is 5.92 Å². The SMILES string of the molecule is COc1ccc(-c2cc3ccc(OCCN4CCC(C(N)=O)CC4)cc3oc2=O)cc1. The Morgan fingerprint density at radius 3 is 2.48 bits per heavy atom. The van der Waals surface area contributed by atoms with Gasteiger partial charge < -0.3 is 19.6 Å². The minimum absolute atomic E-state index is 0.0108. The topological polar surface area (TPSA) is 95.0 Å². The van der Waals surface area contributed by atoms with Crippen LogP contribution in [-0.2, 0) is 4.79 Å². The molecular weight excluding hydrogens is 396 g/mol. The molecule has 4 rings (SSSR count).